The lowest BCUT2D eigenvalue weighted by Gasteiger charge is -2.17. The van der Waals surface area contributed by atoms with Crippen LogP contribution < -0.4 is 4.90 Å². The van der Waals surface area contributed by atoms with E-state index in [9.17, 15) is 14.0 Å². The lowest BCUT2D eigenvalue weighted by molar-refractivity contribution is -0.149. The number of anilines is 1. The zero-order valence-corrected chi connectivity index (χ0v) is 13.5. The molecule has 1 amide bonds. The number of para-hydroxylation sites is 1. The van der Waals surface area contributed by atoms with Crippen molar-refractivity contribution in [2.45, 2.75) is 13.0 Å². The molecule has 124 valence electrons. The van der Waals surface area contributed by atoms with Crippen LogP contribution in [0.2, 0.25) is 5.02 Å². The van der Waals surface area contributed by atoms with Gasteiger partial charge in [-0.15, -0.1) is 0 Å². The number of hydrogen-bond donors (Lipinski definition) is 0. The predicted molar refractivity (Wildman–Crippen MR) is 88.1 cm³/mol. The molecule has 3 rings (SSSR count). The zero-order valence-electron chi connectivity index (χ0n) is 12.7. The van der Waals surface area contributed by atoms with Crippen molar-refractivity contribution < 1.29 is 18.7 Å². The molecule has 1 heterocycles. The largest absolute Gasteiger partial charge is 0.461 e. The summed E-state index contributed by atoms with van der Waals surface area (Å²) < 4.78 is 19.1. The second kappa shape index (κ2) is 7.01. The number of ether oxygens (including phenoxy) is 1. The third-order valence-electron chi connectivity index (χ3n) is 3.90. The molecule has 1 saturated heterocycles. The summed E-state index contributed by atoms with van der Waals surface area (Å²) in [7, 11) is 0. The van der Waals surface area contributed by atoms with Crippen LogP contribution >= 0.6 is 11.6 Å². The molecule has 1 aliphatic heterocycles. The monoisotopic (exact) mass is 347 g/mol. The Morgan fingerprint density at radius 2 is 1.92 bits per heavy atom. The summed E-state index contributed by atoms with van der Waals surface area (Å²) in [6.07, 6.45) is 0.0216. The number of amides is 1. The summed E-state index contributed by atoms with van der Waals surface area (Å²) >= 11 is 5.80. The number of halogens is 2. The average molecular weight is 348 g/mol. The van der Waals surface area contributed by atoms with Crippen LogP contribution in [0.1, 0.15) is 12.0 Å². The standard InChI is InChI=1S/C18H15ClFNO3/c19-14-7-5-12(6-8-14)11-24-18(23)13-9-17(22)21(10-13)16-4-2-1-3-15(16)20/h1-8,13H,9-11H2/t13-/m1/s1. The maximum atomic E-state index is 13.8. The molecule has 0 spiro atoms. The molecular formula is C18H15ClFNO3. The van der Waals surface area contributed by atoms with Crippen molar-refractivity contribution in [3.05, 3.63) is 64.9 Å². The van der Waals surface area contributed by atoms with Crippen LogP contribution in [0.25, 0.3) is 0 Å². The fourth-order valence-corrected chi connectivity index (χ4v) is 2.75. The number of hydrogen-bond acceptors (Lipinski definition) is 3. The van der Waals surface area contributed by atoms with E-state index < -0.39 is 17.7 Å². The van der Waals surface area contributed by atoms with E-state index in [4.69, 9.17) is 16.3 Å². The first-order valence-corrected chi connectivity index (χ1v) is 7.88. The Bertz CT molecular complexity index is 763. The topological polar surface area (TPSA) is 46.6 Å². The van der Waals surface area contributed by atoms with E-state index in [0.717, 1.165) is 5.56 Å². The molecule has 4 nitrogen and oxygen atoms in total. The SMILES string of the molecule is O=C(OCc1ccc(Cl)cc1)[C@@H]1CC(=O)N(c2ccccc2F)C1. The molecule has 2 aromatic carbocycles. The molecular weight excluding hydrogens is 333 g/mol. The van der Waals surface area contributed by atoms with Crippen LogP contribution in [0.3, 0.4) is 0 Å². The quantitative estimate of drug-likeness (QED) is 0.794. The van der Waals surface area contributed by atoms with E-state index in [1.165, 1.54) is 17.0 Å². The Kier molecular flexibility index (Phi) is 4.81. The summed E-state index contributed by atoms with van der Waals surface area (Å²) in [5.41, 5.74) is 0.999. The molecule has 0 radical (unpaired) electrons. The van der Waals surface area contributed by atoms with E-state index in [-0.39, 0.29) is 31.2 Å². The molecule has 2 aromatic rings. The molecule has 1 fully saturated rings. The normalized spacial score (nSPS) is 17.2. The van der Waals surface area contributed by atoms with Crippen molar-refractivity contribution in [2.75, 3.05) is 11.4 Å². The van der Waals surface area contributed by atoms with Gasteiger partial charge in [0.25, 0.3) is 0 Å². The highest BCUT2D eigenvalue weighted by Crippen LogP contribution is 2.28. The second-order valence-corrected chi connectivity index (χ2v) is 6.03. The molecule has 0 N–H and O–H groups in total. The Hall–Kier alpha value is -2.40. The molecule has 24 heavy (non-hydrogen) atoms. The number of nitrogens with zero attached hydrogens (tertiary/aromatic N) is 1. The molecule has 0 bridgehead atoms. The molecule has 0 unspecified atom stereocenters. The number of rotatable bonds is 4. The van der Waals surface area contributed by atoms with Gasteiger partial charge in [-0.3, -0.25) is 9.59 Å². The fraction of sp³-hybridized carbons (Fsp3) is 0.222. The Morgan fingerprint density at radius 3 is 2.62 bits per heavy atom. The molecule has 0 saturated carbocycles. The van der Waals surface area contributed by atoms with Gasteiger partial charge in [0, 0.05) is 18.0 Å². The lowest BCUT2D eigenvalue weighted by atomic mass is 10.1. The van der Waals surface area contributed by atoms with Gasteiger partial charge < -0.3 is 9.64 Å². The van der Waals surface area contributed by atoms with Gasteiger partial charge in [0.15, 0.2) is 0 Å². The van der Waals surface area contributed by atoms with Crippen molar-refractivity contribution in [3.8, 4) is 0 Å². The zero-order chi connectivity index (χ0) is 17.1. The maximum absolute atomic E-state index is 13.8. The third kappa shape index (κ3) is 3.57. The minimum Gasteiger partial charge on any atom is -0.461 e. The first-order valence-electron chi connectivity index (χ1n) is 7.50. The van der Waals surface area contributed by atoms with E-state index in [2.05, 4.69) is 0 Å². The van der Waals surface area contributed by atoms with Gasteiger partial charge in [-0.25, -0.2) is 4.39 Å². The van der Waals surface area contributed by atoms with Gasteiger partial charge in [-0.2, -0.15) is 0 Å². The Labute approximate surface area is 143 Å². The number of benzene rings is 2. The fourth-order valence-electron chi connectivity index (χ4n) is 2.62. The minimum atomic E-state index is -0.593. The highest BCUT2D eigenvalue weighted by atomic mass is 35.5. The highest BCUT2D eigenvalue weighted by molar-refractivity contribution is 6.30. The second-order valence-electron chi connectivity index (χ2n) is 5.59. The Balaban J connectivity index is 1.62. The first-order chi connectivity index (χ1) is 11.5. The maximum Gasteiger partial charge on any atom is 0.311 e. The van der Waals surface area contributed by atoms with E-state index in [0.29, 0.717) is 5.02 Å². The number of esters is 1. The number of carbonyl (C=O) groups excluding carboxylic acids is 2. The summed E-state index contributed by atoms with van der Waals surface area (Å²) in [5.74, 6) is -1.82. The van der Waals surface area contributed by atoms with Gasteiger partial charge in [0.2, 0.25) is 5.91 Å². The lowest BCUT2D eigenvalue weighted by Crippen LogP contribution is -2.27. The van der Waals surface area contributed by atoms with Crippen LogP contribution in [-0.4, -0.2) is 18.4 Å². The van der Waals surface area contributed by atoms with Gasteiger partial charge >= 0.3 is 5.97 Å². The Morgan fingerprint density at radius 1 is 1.21 bits per heavy atom. The van der Waals surface area contributed by atoms with Crippen LogP contribution in [0.4, 0.5) is 10.1 Å². The number of carbonyl (C=O) groups is 2. The summed E-state index contributed by atoms with van der Waals surface area (Å²) in [6, 6.07) is 13.0. The van der Waals surface area contributed by atoms with Gasteiger partial charge in [-0.1, -0.05) is 35.9 Å². The third-order valence-corrected chi connectivity index (χ3v) is 4.15. The van der Waals surface area contributed by atoms with Crippen LogP contribution in [0.15, 0.2) is 48.5 Å². The summed E-state index contributed by atoms with van der Waals surface area (Å²) in [4.78, 5) is 25.6. The van der Waals surface area contributed by atoms with E-state index in [1.807, 2.05) is 0 Å². The average Bonchev–Trinajstić information content (AvgIpc) is 2.96. The van der Waals surface area contributed by atoms with Gasteiger partial charge in [0.05, 0.1) is 11.6 Å². The van der Waals surface area contributed by atoms with E-state index >= 15 is 0 Å². The molecule has 0 aromatic heterocycles. The van der Waals surface area contributed by atoms with E-state index in [1.54, 1.807) is 36.4 Å². The van der Waals surface area contributed by atoms with Crippen molar-refractivity contribution in [3.63, 3.8) is 0 Å². The summed E-state index contributed by atoms with van der Waals surface area (Å²) in [6.45, 7) is 0.236. The van der Waals surface area contributed by atoms with Gasteiger partial charge in [0.1, 0.15) is 12.4 Å². The van der Waals surface area contributed by atoms with Crippen molar-refractivity contribution >= 4 is 29.2 Å². The van der Waals surface area contributed by atoms with Crippen LogP contribution in [0.5, 0.6) is 0 Å². The molecule has 0 aliphatic carbocycles. The highest BCUT2D eigenvalue weighted by Gasteiger charge is 2.37. The van der Waals surface area contributed by atoms with Crippen LogP contribution in [0, 0.1) is 11.7 Å². The van der Waals surface area contributed by atoms with Crippen molar-refractivity contribution in [1.82, 2.24) is 0 Å². The van der Waals surface area contributed by atoms with Crippen molar-refractivity contribution in [1.29, 1.82) is 0 Å². The predicted octanol–water partition coefficient (Wildman–Crippen LogP) is 3.58. The van der Waals surface area contributed by atoms with Gasteiger partial charge in [-0.05, 0) is 29.8 Å². The summed E-state index contributed by atoms with van der Waals surface area (Å²) in [5, 5.41) is 0.604. The molecule has 1 atom stereocenters. The first kappa shape index (κ1) is 16.5. The minimum absolute atomic E-state index is 0.0216. The van der Waals surface area contributed by atoms with Crippen LogP contribution in [-0.2, 0) is 20.9 Å². The van der Waals surface area contributed by atoms with Crippen molar-refractivity contribution in [2.24, 2.45) is 5.92 Å². The molecule has 6 heteroatoms. The molecule has 1 aliphatic rings. The smallest absolute Gasteiger partial charge is 0.311 e.